The first-order valence-corrected chi connectivity index (χ1v) is 13.2. The van der Waals surface area contributed by atoms with Crippen LogP contribution in [0.3, 0.4) is 0 Å². The molecule has 34 heavy (non-hydrogen) atoms. The number of aliphatic hydroxyl groups is 1. The van der Waals surface area contributed by atoms with Crippen molar-refractivity contribution in [1.82, 2.24) is 9.97 Å². The first-order chi connectivity index (χ1) is 16.5. The number of nitrogens with one attached hydrogen (secondary N) is 3. The van der Waals surface area contributed by atoms with Crippen LogP contribution >= 0.6 is 11.9 Å². The molecule has 1 fully saturated rings. The number of hydrogen-bond donors (Lipinski definition) is 4. The number of anilines is 4. The molecule has 0 radical (unpaired) electrons. The molecule has 4 heterocycles. The molecule has 1 aromatic carbocycles. The summed E-state index contributed by atoms with van der Waals surface area (Å²) in [6.45, 7) is 7.13. The third-order valence-electron chi connectivity index (χ3n) is 6.77. The number of carbonyl (C=O) groups excluding carboxylic acids is 1. The number of amides is 1. The van der Waals surface area contributed by atoms with E-state index < -0.39 is 0 Å². The molecule has 0 atom stereocenters. The Hall–Kier alpha value is -2.52. The highest BCUT2D eigenvalue weighted by Crippen LogP contribution is 2.39. The van der Waals surface area contributed by atoms with E-state index in [0.717, 1.165) is 56.0 Å². The standard InChI is InChI=1S/C25H36N6O2S/c1-18-16-22-28-23(33)20-7-6-19(30-34-15-14-32)17-21(20)31-12-9-25(2,10-13-31)8-4-3-5-11-26-24(27-18)29-22/h6-7,16-17,30,32H,3-5,8-15H2,1-2H3,(H2,26,27,28,29,33). The lowest BCUT2D eigenvalue weighted by Crippen LogP contribution is -2.39. The van der Waals surface area contributed by atoms with Crippen molar-refractivity contribution in [2.75, 3.05) is 52.2 Å². The summed E-state index contributed by atoms with van der Waals surface area (Å²) in [5.74, 6) is 1.48. The Labute approximate surface area is 206 Å². The zero-order valence-electron chi connectivity index (χ0n) is 20.2. The Kier molecular flexibility index (Phi) is 8.15. The van der Waals surface area contributed by atoms with Crippen LogP contribution in [0, 0.1) is 12.3 Å². The van der Waals surface area contributed by atoms with E-state index in [2.05, 4.69) is 37.1 Å². The van der Waals surface area contributed by atoms with Gasteiger partial charge in [-0.2, -0.15) is 4.98 Å². The fraction of sp³-hybridized carbons (Fsp3) is 0.560. The number of aliphatic hydroxyl groups excluding tert-OH is 1. The number of aryl methyl sites for hydroxylation is 1. The normalized spacial score (nSPS) is 18.4. The summed E-state index contributed by atoms with van der Waals surface area (Å²) in [7, 11) is 0. The minimum Gasteiger partial charge on any atom is -0.395 e. The summed E-state index contributed by atoms with van der Waals surface area (Å²) in [6.07, 6.45) is 6.97. The minimum absolute atomic E-state index is 0.116. The van der Waals surface area contributed by atoms with Gasteiger partial charge in [-0.25, -0.2) is 4.98 Å². The second-order valence-corrected chi connectivity index (χ2v) is 10.5. The molecule has 4 N–H and O–H groups in total. The minimum atomic E-state index is -0.175. The van der Waals surface area contributed by atoms with Gasteiger partial charge >= 0.3 is 0 Å². The molecule has 1 aromatic heterocycles. The van der Waals surface area contributed by atoms with Gasteiger partial charge in [0, 0.05) is 42.8 Å². The summed E-state index contributed by atoms with van der Waals surface area (Å²) in [6, 6.07) is 7.64. The highest BCUT2D eigenvalue weighted by Gasteiger charge is 2.31. The van der Waals surface area contributed by atoms with Gasteiger partial charge in [-0.1, -0.05) is 31.7 Å². The third kappa shape index (κ3) is 6.33. The Bertz CT molecular complexity index is 993. The second kappa shape index (κ2) is 11.3. The van der Waals surface area contributed by atoms with Gasteiger partial charge in [-0.15, -0.1) is 0 Å². The molecule has 0 saturated carbocycles. The molecule has 184 valence electrons. The van der Waals surface area contributed by atoms with E-state index in [0.29, 0.717) is 28.5 Å². The van der Waals surface area contributed by atoms with Crippen LogP contribution in [0.1, 0.15) is 61.5 Å². The number of benzene rings is 1. The van der Waals surface area contributed by atoms with Gasteiger partial charge < -0.3 is 25.4 Å². The maximum Gasteiger partial charge on any atom is 0.258 e. The number of aromatic nitrogens is 2. The number of piperidine rings is 1. The van der Waals surface area contributed by atoms with Crippen molar-refractivity contribution in [3.8, 4) is 0 Å². The van der Waals surface area contributed by atoms with Crippen molar-refractivity contribution < 1.29 is 9.90 Å². The molecule has 0 aliphatic carbocycles. The van der Waals surface area contributed by atoms with Gasteiger partial charge in [0.15, 0.2) is 0 Å². The average molecular weight is 485 g/mol. The zero-order chi connectivity index (χ0) is 24.0. The zero-order valence-corrected chi connectivity index (χ0v) is 21.0. The van der Waals surface area contributed by atoms with Gasteiger partial charge in [-0.05, 0) is 56.2 Å². The quantitative estimate of drug-likeness (QED) is 0.366. The average Bonchev–Trinajstić information content (AvgIpc) is 2.81. The topological polar surface area (TPSA) is 102 Å². The number of carbonyl (C=O) groups is 1. The SMILES string of the molecule is Cc1cc2nc(n1)NCCCCCC1(C)CCN(CC1)c1cc(NSCCO)ccc1C(=O)N2. The van der Waals surface area contributed by atoms with Crippen LogP contribution in [0.15, 0.2) is 24.3 Å². The summed E-state index contributed by atoms with van der Waals surface area (Å²) < 4.78 is 3.28. The molecular formula is C25H36N6O2S. The van der Waals surface area contributed by atoms with Gasteiger partial charge in [0.05, 0.1) is 17.9 Å². The molecule has 3 aliphatic rings. The van der Waals surface area contributed by atoms with Crippen molar-refractivity contribution in [1.29, 1.82) is 0 Å². The van der Waals surface area contributed by atoms with Crippen LogP contribution in [0.4, 0.5) is 23.1 Å². The predicted octanol–water partition coefficient (Wildman–Crippen LogP) is 4.68. The molecule has 2 aromatic rings. The molecule has 8 nitrogen and oxygen atoms in total. The number of hydrogen-bond acceptors (Lipinski definition) is 8. The lowest BCUT2D eigenvalue weighted by Gasteiger charge is -2.41. The highest BCUT2D eigenvalue weighted by molar-refractivity contribution is 8.00. The largest absolute Gasteiger partial charge is 0.395 e. The van der Waals surface area contributed by atoms with Crippen LogP contribution in [0.5, 0.6) is 0 Å². The lowest BCUT2D eigenvalue weighted by molar-refractivity contribution is 0.102. The fourth-order valence-corrected chi connectivity index (χ4v) is 5.20. The van der Waals surface area contributed by atoms with E-state index >= 15 is 0 Å². The van der Waals surface area contributed by atoms with E-state index in [-0.39, 0.29) is 12.5 Å². The summed E-state index contributed by atoms with van der Waals surface area (Å²) in [5.41, 5.74) is 3.65. The summed E-state index contributed by atoms with van der Waals surface area (Å²) in [5, 5.41) is 15.4. The molecule has 0 spiro atoms. The monoisotopic (exact) mass is 484 g/mol. The maximum atomic E-state index is 13.4. The van der Waals surface area contributed by atoms with Gasteiger partial charge in [0.2, 0.25) is 5.95 Å². The Morgan fingerprint density at radius 1 is 1.15 bits per heavy atom. The van der Waals surface area contributed by atoms with Crippen molar-refractivity contribution >= 4 is 41.0 Å². The number of rotatable bonds is 4. The molecule has 4 bridgehead atoms. The molecule has 0 unspecified atom stereocenters. The lowest BCUT2D eigenvalue weighted by atomic mass is 9.76. The van der Waals surface area contributed by atoms with Crippen LogP contribution in [0.2, 0.25) is 0 Å². The second-order valence-electron chi connectivity index (χ2n) is 9.61. The van der Waals surface area contributed by atoms with Crippen LogP contribution < -0.4 is 20.3 Å². The molecule has 9 heteroatoms. The van der Waals surface area contributed by atoms with Gasteiger partial charge in [0.1, 0.15) is 5.82 Å². The van der Waals surface area contributed by atoms with Gasteiger partial charge in [0.25, 0.3) is 5.91 Å². The van der Waals surface area contributed by atoms with Crippen LogP contribution in [-0.2, 0) is 0 Å². The first-order valence-electron chi connectivity index (χ1n) is 12.2. The predicted molar refractivity (Wildman–Crippen MR) is 141 cm³/mol. The van der Waals surface area contributed by atoms with Crippen LogP contribution in [0.25, 0.3) is 0 Å². The van der Waals surface area contributed by atoms with Crippen molar-refractivity contribution in [2.45, 2.75) is 52.4 Å². The fourth-order valence-electron chi connectivity index (χ4n) is 4.72. The smallest absolute Gasteiger partial charge is 0.258 e. The number of nitrogens with zero attached hydrogens (tertiary/aromatic N) is 3. The van der Waals surface area contributed by atoms with E-state index in [1.54, 1.807) is 6.07 Å². The maximum absolute atomic E-state index is 13.4. The van der Waals surface area contributed by atoms with E-state index in [1.807, 2.05) is 25.1 Å². The molecule has 5 rings (SSSR count). The Balaban J connectivity index is 1.65. The molecular weight excluding hydrogens is 448 g/mol. The summed E-state index contributed by atoms with van der Waals surface area (Å²) in [4.78, 5) is 24.7. The van der Waals surface area contributed by atoms with E-state index in [4.69, 9.17) is 5.11 Å². The van der Waals surface area contributed by atoms with E-state index in [1.165, 1.54) is 31.2 Å². The Morgan fingerprint density at radius 2 is 1.97 bits per heavy atom. The van der Waals surface area contributed by atoms with Crippen molar-refractivity contribution in [3.05, 3.63) is 35.5 Å². The third-order valence-corrected chi connectivity index (χ3v) is 7.54. The number of fused-ring (bicyclic) bond motifs is 8. The molecule has 1 amide bonds. The highest BCUT2D eigenvalue weighted by atomic mass is 32.2. The molecule has 3 aliphatic heterocycles. The van der Waals surface area contributed by atoms with Crippen molar-refractivity contribution in [2.24, 2.45) is 5.41 Å². The molecule has 1 saturated heterocycles. The van der Waals surface area contributed by atoms with E-state index in [9.17, 15) is 4.79 Å². The summed E-state index contributed by atoms with van der Waals surface area (Å²) >= 11 is 1.46. The first kappa shape index (κ1) is 24.6. The Morgan fingerprint density at radius 3 is 2.76 bits per heavy atom. The van der Waals surface area contributed by atoms with Gasteiger partial charge in [-0.3, -0.25) is 4.79 Å². The van der Waals surface area contributed by atoms with Crippen molar-refractivity contribution in [3.63, 3.8) is 0 Å². The van der Waals surface area contributed by atoms with Crippen LogP contribution in [-0.4, -0.2) is 53.0 Å².